The highest BCUT2D eigenvalue weighted by Crippen LogP contribution is 2.57. The summed E-state index contributed by atoms with van der Waals surface area (Å²) in [5.74, 6) is -14.0. The number of fused-ring (bicyclic) bond motifs is 3. The molecule has 0 spiro atoms. The van der Waals surface area contributed by atoms with Crippen molar-refractivity contribution in [3.8, 4) is 5.75 Å². The fraction of sp³-hybridized carbons (Fsp3) is 0.594. The van der Waals surface area contributed by atoms with Crippen LogP contribution in [0.2, 0.25) is 0 Å². The van der Waals surface area contributed by atoms with Gasteiger partial charge >= 0.3 is 12.0 Å². The topological polar surface area (TPSA) is 301 Å². The summed E-state index contributed by atoms with van der Waals surface area (Å²) < 4.78 is 5.70. The van der Waals surface area contributed by atoms with E-state index in [9.17, 15) is 39.0 Å². The molecule has 2 fully saturated rings. The maximum atomic E-state index is 15.0. The number of anilines is 1. The molecule has 0 bridgehead atoms. The molecule has 3 aliphatic carbocycles. The molecule has 0 radical (unpaired) electrons. The van der Waals surface area contributed by atoms with E-state index >= 15 is 4.79 Å². The van der Waals surface area contributed by atoms with E-state index in [1.807, 2.05) is 0 Å². The monoisotopic (exact) mass is 687 g/mol. The Kier molecular flexibility index (Phi) is 8.93. The van der Waals surface area contributed by atoms with E-state index in [0.717, 1.165) is 4.90 Å². The minimum absolute atomic E-state index is 0.166. The van der Waals surface area contributed by atoms with Gasteiger partial charge in [-0.25, -0.2) is 4.79 Å². The number of rotatable bonds is 5. The summed E-state index contributed by atoms with van der Waals surface area (Å²) in [6, 6.07) is -1.91. The zero-order valence-corrected chi connectivity index (χ0v) is 28.7. The summed E-state index contributed by atoms with van der Waals surface area (Å²) >= 11 is 0. The van der Waals surface area contributed by atoms with Crippen molar-refractivity contribution < 1.29 is 48.5 Å². The van der Waals surface area contributed by atoms with Crippen molar-refractivity contribution in [1.29, 1.82) is 0 Å². The largest absolute Gasteiger partial charge is 0.505 e. The summed E-state index contributed by atoms with van der Waals surface area (Å²) in [6.45, 7) is 10.0. The van der Waals surface area contributed by atoms with Crippen LogP contribution < -0.4 is 33.6 Å². The highest BCUT2D eigenvalue weighted by Gasteiger charge is 2.84. The first-order valence-corrected chi connectivity index (χ1v) is 15.5. The third-order valence-corrected chi connectivity index (χ3v) is 9.33. The molecule has 12 N–H and O–H groups in total. The molecule has 0 saturated heterocycles. The minimum atomic E-state index is -3.38. The summed E-state index contributed by atoms with van der Waals surface area (Å²) in [5.41, 5.74) is 14.4. The minimum Gasteiger partial charge on any atom is -0.505 e. The van der Waals surface area contributed by atoms with Gasteiger partial charge in [0.25, 0.3) is 5.60 Å². The van der Waals surface area contributed by atoms with Crippen LogP contribution in [0.1, 0.15) is 69.9 Å². The number of Topliss-reactive ketones (excluding diaryl/α,β-unsaturated/α-hetero) is 4. The number of phenolic OH excluding ortho intramolecular Hbond substituents is 1. The predicted octanol–water partition coefficient (Wildman–Crippen LogP) is -1.64. The number of aromatic hydroxyl groups is 1. The average molecular weight is 688 g/mol. The van der Waals surface area contributed by atoms with Crippen molar-refractivity contribution in [2.45, 2.75) is 88.4 Å². The first-order valence-electron chi connectivity index (χ1n) is 15.5. The lowest BCUT2D eigenvalue weighted by Gasteiger charge is -2.65. The fourth-order valence-corrected chi connectivity index (χ4v) is 7.42. The van der Waals surface area contributed by atoms with Crippen molar-refractivity contribution >= 4 is 46.7 Å². The van der Waals surface area contributed by atoms with Crippen molar-refractivity contribution in [2.24, 2.45) is 40.2 Å². The van der Waals surface area contributed by atoms with E-state index in [2.05, 4.69) is 10.6 Å². The molecule has 8 atom stereocenters. The molecule has 4 rings (SSSR count). The second-order valence-corrected chi connectivity index (χ2v) is 15.6. The summed E-state index contributed by atoms with van der Waals surface area (Å²) in [5, 5.41) is 28.6. The van der Waals surface area contributed by atoms with Gasteiger partial charge in [0.05, 0.1) is 41.4 Å². The van der Waals surface area contributed by atoms with Crippen molar-refractivity contribution in [3.05, 3.63) is 23.3 Å². The third-order valence-electron chi connectivity index (χ3n) is 9.33. The van der Waals surface area contributed by atoms with E-state index in [1.54, 1.807) is 41.5 Å². The van der Waals surface area contributed by atoms with Crippen LogP contribution in [0, 0.1) is 17.3 Å². The van der Waals surface area contributed by atoms with Gasteiger partial charge in [-0.15, -0.1) is 0 Å². The number of aliphatic hydroxyl groups excluding tert-OH is 1. The molecule has 17 nitrogen and oxygen atoms in total. The molecular weight excluding hydrogens is 642 g/mol. The van der Waals surface area contributed by atoms with Gasteiger partial charge in [-0.1, -0.05) is 26.8 Å². The molecule has 1 aromatic carbocycles. The summed E-state index contributed by atoms with van der Waals surface area (Å²) in [6.07, 6.45) is -2.87. The molecule has 268 valence electrons. The first kappa shape index (κ1) is 37.5. The molecule has 3 amide bonds. The Morgan fingerprint density at radius 3 is 2.06 bits per heavy atom. The van der Waals surface area contributed by atoms with Gasteiger partial charge in [-0.3, -0.25) is 33.7 Å². The van der Waals surface area contributed by atoms with Crippen LogP contribution in [0.5, 0.6) is 5.75 Å². The number of carbonyl (C=O) groups is 7. The summed E-state index contributed by atoms with van der Waals surface area (Å²) in [4.78, 5) is 97.7. The van der Waals surface area contributed by atoms with Gasteiger partial charge in [0, 0.05) is 5.54 Å². The highest BCUT2D eigenvalue weighted by molar-refractivity contribution is 6.35. The predicted molar refractivity (Wildman–Crippen MR) is 173 cm³/mol. The van der Waals surface area contributed by atoms with E-state index in [-0.39, 0.29) is 11.3 Å². The van der Waals surface area contributed by atoms with Crippen LogP contribution in [0.15, 0.2) is 12.1 Å². The number of urea groups is 1. The molecule has 17 heteroatoms. The van der Waals surface area contributed by atoms with Gasteiger partial charge in [-0.05, 0) is 51.9 Å². The van der Waals surface area contributed by atoms with Crippen molar-refractivity contribution in [3.63, 3.8) is 0 Å². The highest BCUT2D eigenvalue weighted by atomic mass is 16.6. The number of ketones is 4. The quantitative estimate of drug-likeness (QED) is 0.0979. The van der Waals surface area contributed by atoms with Gasteiger partial charge in [0.2, 0.25) is 11.7 Å². The van der Waals surface area contributed by atoms with Crippen LogP contribution in [0.4, 0.5) is 10.5 Å². The molecule has 2 saturated carbocycles. The smallest absolute Gasteiger partial charge is 0.319 e. The number of amides is 3. The van der Waals surface area contributed by atoms with Crippen LogP contribution >= 0.6 is 0 Å². The Bertz CT molecular complexity index is 1680. The van der Waals surface area contributed by atoms with Crippen LogP contribution in [-0.2, 0) is 28.7 Å². The van der Waals surface area contributed by atoms with Gasteiger partial charge < -0.3 is 48.5 Å². The molecule has 0 heterocycles. The lowest BCUT2D eigenvalue weighted by Crippen LogP contribution is -2.95. The van der Waals surface area contributed by atoms with Crippen LogP contribution in [0.25, 0.3) is 0 Å². The molecule has 49 heavy (non-hydrogen) atoms. The number of ether oxygens (including phenoxy) is 1. The van der Waals surface area contributed by atoms with Gasteiger partial charge in [0.1, 0.15) is 17.2 Å². The van der Waals surface area contributed by atoms with E-state index in [1.165, 1.54) is 26.2 Å². The Balaban J connectivity index is 2.04. The number of primary amides is 1. The number of nitrogens with two attached hydrogens (primary N) is 4. The number of hydrogen-bond donors (Lipinski definition) is 8. The average Bonchev–Trinajstić information content (AvgIpc) is 2.91. The lowest BCUT2D eigenvalue weighted by molar-refractivity contribution is -0.218. The zero-order chi connectivity index (χ0) is 37.6. The second kappa shape index (κ2) is 11.7. The molecule has 2 unspecified atom stereocenters. The Morgan fingerprint density at radius 1 is 1.00 bits per heavy atom. The Hall–Kier alpha value is -4.29. The van der Waals surface area contributed by atoms with Gasteiger partial charge in [0.15, 0.2) is 23.3 Å². The molecule has 3 aliphatic rings. The number of phenols is 1. The molecule has 0 aromatic heterocycles. The molecule has 0 aliphatic heterocycles. The first-order chi connectivity index (χ1) is 22.2. The molecular formula is C32H45N7O10. The number of likely N-dealkylation sites (N-methyl/N-ethyl adjacent to an activating group) is 1. The van der Waals surface area contributed by atoms with E-state index < -0.39 is 116 Å². The maximum absolute atomic E-state index is 15.0. The Morgan fingerprint density at radius 2 is 1.57 bits per heavy atom. The number of nitrogens with zero attached hydrogens (tertiary/aromatic N) is 1. The van der Waals surface area contributed by atoms with Crippen molar-refractivity contribution in [2.75, 3.05) is 19.4 Å². The number of aliphatic hydroxyl groups is 1. The fourth-order valence-electron chi connectivity index (χ4n) is 7.42. The van der Waals surface area contributed by atoms with Crippen LogP contribution in [0.3, 0.4) is 0 Å². The lowest BCUT2D eigenvalue weighted by atomic mass is 9.44. The normalized spacial score (nSPS) is 33.0. The van der Waals surface area contributed by atoms with Gasteiger partial charge in [-0.2, -0.15) is 0 Å². The third kappa shape index (κ3) is 5.40. The van der Waals surface area contributed by atoms with Crippen LogP contribution in [-0.4, -0.2) is 105 Å². The standard InChI is InChI=1S/C32H45N7O10/c1-28(2,3)11-14(40)49-32-23(44)16(25(34)46)20(43)22(39(7)8)31(32,36)26(47)30(35)17(24(32)45)19(42)15-12(21(30)33)9-10-13(18(15)41)37-27(48)38-29(4,5)6/h9-10,16-17,21-22,26,41,47H,11,33,35-36H2,1-8H3,(H2,34,46)(H2,37,38,48)/t16?,17?,21-,22+,26-,30+,31-,32+/m0/s1. The number of esters is 1. The number of carbonyl (C=O) groups excluding carboxylic acids is 7. The Labute approximate surface area is 282 Å². The zero-order valence-electron chi connectivity index (χ0n) is 28.7. The SMILES string of the molecule is CN(C)[C@@H]1C(=O)C(C(N)=O)C(=O)[C@@]2(OC(=O)CC(C)(C)C)C(=O)C3C(=O)c4c(ccc(NC(=O)NC(C)(C)C)c4O)[C@H](N)[C@@]3(N)[C@H](O)[C@@]12N. The molecule has 1 aromatic rings. The maximum Gasteiger partial charge on any atom is 0.319 e. The number of benzene rings is 1. The second-order valence-electron chi connectivity index (χ2n) is 15.6. The van der Waals surface area contributed by atoms with E-state index in [0.29, 0.717) is 0 Å². The number of nitrogens with one attached hydrogen (secondary N) is 2. The van der Waals surface area contributed by atoms with Crippen molar-refractivity contribution in [1.82, 2.24) is 10.2 Å². The van der Waals surface area contributed by atoms with E-state index in [4.69, 9.17) is 27.7 Å². The number of hydrogen-bond acceptors (Lipinski definition) is 14. The summed E-state index contributed by atoms with van der Waals surface area (Å²) in [7, 11) is 2.59.